The summed E-state index contributed by atoms with van der Waals surface area (Å²) in [6, 6.07) is -3.27. The number of aliphatic hydroxyl groups is 12. The van der Waals surface area contributed by atoms with Gasteiger partial charge in [-0.2, -0.15) is 0 Å². The number of rotatable bonds is 14. The molecule has 2 unspecified atom stereocenters. The maximum Gasteiger partial charge on any atom is 0.364 e. The van der Waals surface area contributed by atoms with Gasteiger partial charge in [0.1, 0.15) is 85.4 Å². The number of carboxylic acid groups (broad SMARTS) is 1. The zero-order valence-electron chi connectivity index (χ0n) is 30.3. The van der Waals surface area contributed by atoms with Gasteiger partial charge in [-0.25, -0.2) is 4.79 Å². The molecule has 0 bridgehead atoms. The monoisotopic (exact) mass is 820 g/mol. The molecule has 56 heavy (non-hydrogen) atoms. The maximum absolute atomic E-state index is 12.9. The summed E-state index contributed by atoms with van der Waals surface area (Å²) in [7, 11) is 0. The highest BCUT2D eigenvalue weighted by Gasteiger charge is 2.60. The van der Waals surface area contributed by atoms with Gasteiger partial charge in [0.25, 0.3) is 5.79 Å². The number of ether oxygens (including phenoxy) is 7. The number of hydrogen-bond acceptors (Lipinski definition) is 22. The summed E-state index contributed by atoms with van der Waals surface area (Å²) < 4.78 is 39.7. The van der Waals surface area contributed by atoms with Gasteiger partial charge in [-0.05, 0) is 6.92 Å². The van der Waals surface area contributed by atoms with E-state index in [4.69, 9.17) is 33.2 Å². The minimum atomic E-state index is -3.12. The van der Waals surface area contributed by atoms with Gasteiger partial charge in [0.05, 0.1) is 38.1 Å². The predicted molar refractivity (Wildman–Crippen MR) is 173 cm³/mol. The Kier molecular flexibility index (Phi) is 15.8. The summed E-state index contributed by atoms with van der Waals surface area (Å²) in [4.78, 5) is 37.0. The Morgan fingerprint density at radius 2 is 1.30 bits per heavy atom. The Morgan fingerprint density at radius 1 is 0.732 bits per heavy atom. The highest BCUT2D eigenvalue weighted by atomic mass is 16.8. The molecule has 15 N–H and O–H groups in total. The molecule has 0 aromatic heterocycles. The highest BCUT2D eigenvalue weighted by molar-refractivity contribution is 5.76. The van der Waals surface area contributed by atoms with Crippen LogP contribution in [0.5, 0.6) is 0 Å². The van der Waals surface area contributed by atoms with Gasteiger partial charge >= 0.3 is 5.97 Å². The number of amides is 2. The molecule has 25 heteroatoms. The molecule has 25 nitrogen and oxygen atoms in total. The average Bonchev–Trinajstić information content (AvgIpc) is 3.14. The van der Waals surface area contributed by atoms with E-state index in [1.165, 1.54) is 6.92 Å². The van der Waals surface area contributed by atoms with Crippen LogP contribution in [0.3, 0.4) is 0 Å². The minimum Gasteiger partial charge on any atom is -0.477 e. The van der Waals surface area contributed by atoms with Crippen LogP contribution in [0.15, 0.2) is 0 Å². The molecule has 0 aromatic rings. The zero-order valence-corrected chi connectivity index (χ0v) is 30.3. The van der Waals surface area contributed by atoms with Crippen LogP contribution in [0.25, 0.3) is 0 Å². The van der Waals surface area contributed by atoms with Crippen molar-refractivity contribution in [1.29, 1.82) is 0 Å². The summed E-state index contributed by atoms with van der Waals surface area (Å²) in [6.07, 6.45) is -35.2. The molecule has 4 aliphatic heterocycles. The summed E-state index contributed by atoms with van der Waals surface area (Å²) in [5.74, 6) is -6.72. The van der Waals surface area contributed by atoms with Crippen molar-refractivity contribution in [2.75, 3.05) is 19.8 Å². The SMILES string of the molecule is CC(=O)NC1C(O)O[C@H](CO)[C@@H](O[C@@H]2O[C@@H](C)[C@@H](O)[C@@H](O)[C@@H]2O)[C@@H]1O[C@@H]1O[C@H](CO)[C@H](O)[C@H](O[C@]2(C(=O)O)C[C@H](O)[C@@H](NC(C)=O)[C@H]([C@H](O)[C@H](O)CO)O2)[C@H]1O. The van der Waals surface area contributed by atoms with E-state index >= 15 is 0 Å². The largest absolute Gasteiger partial charge is 0.477 e. The van der Waals surface area contributed by atoms with Crippen molar-refractivity contribution in [2.24, 2.45) is 0 Å². The lowest BCUT2D eigenvalue weighted by molar-refractivity contribution is -0.389. The van der Waals surface area contributed by atoms with E-state index in [0.717, 1.165) is 13.8 Å². The van der Waals surface area contributed by atoms with Crippen molar-refractivity contribution in [3.8, 4) is 0 Å². The van der Waals surface area contributed by atoms with Gasteiger partial charge < -0.3 is 110 Å². The first-order valence-electron chi connectivity index (χ1n) is 17.6. The van der Waals surface area contributed by atoms with Gasteiger partial charge in [0, 0.05) is 20.3 Å². The minimum absolute atomic E-state index is 0.785. The smallest absolute Gasteiger partial charge is 0.364 e. The second-order valence-electron chi connectivity index (χ2n) is 14.0. The number of hydrogen-bond donors (Lipinski definition) is 15. The molecule has 4 aliphatic rings. The summed E-state index contributed by atoms with van der Waals surface area (Å²) in [5.41, 5.74) is 0. The van der Waals surface area contributed by atoms with E-state index in [9.17, 15) is 80.8 Å². The molecule has 21 atom stereocenters. The van der Waals surface area contributed by atoms with E-state index in [1.807, 2.05) is 0 Å². The maximum atomic E-state index is 12.9. The molecule has 0 aliphatic carbocycles. The standard InChI is InChI=1S/C31H52N2O23/c1-8-17(41)20(44)21(45)28(50-8)53-23-14(7-36)51-27(47)16(33-10(3)38)25(23)54-29-22(46)26(19(43)13(6-35)52-29)56-31(30(48)49)4-11(39)15(32-9(2)37)24(55-31)18(42)12(40)5-34/h8,11-29,34-36,39-47H,4-7H2,1-3H3,(H,32,37)(H,33,38)(H,48,49)/t8-,11-,12+,13+,14+,15+,16?,17+,18+,19-,20+,21-,22+,23+,24+,25+,26-,27?,28-,29-,31-/m0/s1. The average molecular weight is 821 g/mol. The van der Waals surface area contributed by atoms with Crippen LogP contribution >= 0.6 is 0 Å². The van der Waals surface area contributed by atoms with Crippen LogP contribution in [0, 0.1) is 0 Å². The van der Waals surface area contributed by atoms with Gasteiger partial charge in [0.2, 0.25) is 11.8 Å². The lowest BCUT2D eigenvalue weighted by Crippen LogP contribution is -2.71. The summed E-state index contributed by atoms with van der Waals surface area (Å²) >= 11 is 0. The highest BCUT2D eigenvalue weighted by Crippen LogP contribution is 2.39. The van der Waals surface area contributed by atoms with E-state index in [0.29, 0.717) is 0 Å². The first-order chi connectivity index (χ1) is 26.2. The van der Waals surface area contributed by atoms with E-state index in [1.54, 1.807) is 0 Å². The number of aliphatic hydroxyl groups excluding tert-OH is 12. The van der Waals surface area contributed by atoms with Gasteiger partial charge in [-0.15, -0.1) is 0 Å². The number of carbonyl (C=O) groups excluding carboxylic acids is 2. The van der Waals surface area contributed by atoms with E-state index < -0.39 is 172 Å². The first kappa shape index (κ1) is 46.3. The Balaban J connectivity index is 1.72. The Morgan fingerprint density at radius 3 is 1.86 bits per heavy atom. The van der Waals surface area contributed by atoms with Crippen LogP contribution in [-0.2, 0) is 47.5 Å². The summed E-state index contributed by atoms with van der Waals surface area (Å²) in [6.45, 7) is 0.296. The number of carbonyl (C=O) groups is 3. The lowest BCUT2D eigenvalue weighted by atomic mass is 9.88. The van der Waals surface area contributed by atoms with Crippen LogP contribution in [0.2, 0.25) is 0 Å². The van der Waals surface area contributed by atoms with Crippen molar-refractivity contribution in [1.82, 2.24) is 10.6 Å². The van der Waals surface area contributed by atoms with E-state index in [-0.39, 0.29) is 0 Å². The van der Waals surface area contributed by atoms with Crippen molar-refractivity contribution in [2.45, 2.75) is 155 Å². The molecular formula is C31H52N2O23. The van der Waals surface area contributed by atoms with Crippen molar-refractivity contribution < 1.29 is 114 Å². The lowest BCUT2D eigenvalue weighted by Gasteiger charge is -2.51. The fourth-order valence-electron chi connectivity index (χ4n) is 6.99. The fourth-order valence-corrected chi connectivity index (χ4v) is 6.99. The number of carboxylic acids is 1. The topological polar surface area (TPSA) is 403 Å². The molecular weight excluding hydrogens is 768 g/mol. The number of aliphatic carboxylic acids is 1. The van der Waals surface area contributed by atoms with Gasteiger partial charge in [-0.3, -0.25) is 9.59 Å². The Bertz CT molecular complexity index is 1330. The molecule has 0 radical (unpaired) electrons. The first-order valence-corrected chi connectivity index (χ1v) is 17.6. The Hall–Kier alpha value is -2.35. The normalized spacial score (nSPS) is 45.7. The molecule has 0 aromatic carbocycles. The van der Waals surface area contributed by atoms with Gasteiger partial charge in [-0.1, -0.05) is 0 Å². The number of nitrogens with one attached hydrogen (secondary N) is 2. The third-order valence-corrected chi connectivity index (χ3v) is 9.94. The second kappa shape index (κ2) is 19.1. The second-order valence-corrected chi connectivity index (χ2v) is 14.0. The molecule has 4 heterocycles. The van der Waals surface area contributed by atoms with Crippen LogP contribution < -0.4 is 10.6 Å². The van der Waals surface area contributed by atoms with Crippen molar-refractivity contribution in [3.05, 3.63) is 0 Å². The molecule has 0 saturated carbocycles. The van der Waals surface area contributed by atoms with Crippen LogP contribution in [0.4, 0.5) is 0 Å². The van der Waals surface area contributed by atoms with E-state index in [2.05, 4.69) is 10.6 Å². The molecule has 4 saturated heterocycles. The van der Waals surface area contributed by atoms with Crippen molar-refractivity contribution in [3.63, 3.8) is 0 Å². The predicted octanol–water partition coefficient (Wildman–Crippen LogP) is -9.23. The molecule has 4 rings (SSSR count). The third-order valence-electron chi connectivity index (χ3n) is 9.94. The quantitative estimate of drug-likeness (QED) is 0.0773. The van der Waals surface area contributed by atoms with Crippen molar-refractivity contribution >= 4 is 17.8 Å². The third kappa shape index (κ3) is 9.74. The summed E-state index contributed by atoms with van der Waals surface area (Å²) in [5, 5.41) is 142. The molecule has 2 amide bonds. The molecule has 324 valence electrons. The van der Waals surface area contributed by atoms with Crippen LogP contribution in [-0.4, -0.2) is 232 Å². The Labute approximate surface area is 317 Å². The molecule has 0 spiro atoms. The van der Waals surface area contributed by atoms with Gasteiger partial charge in [0.15, 0.2) is 18.9 Å². The van der Waals surface area contributed by atoms with Crippen LogP contribution in [0.1, 0.15) is 27.2 Å². The molecule has 4 fully saturated rings. The zero-order chi connectivity index (χ0) is 42.0. The fraction of sp³-hybridized carbons (Fsp3) is 0.903.